The highest BCUT2D eigenvalue weighted by molar-refractivity contribution is 5.89. The Hall–Kier alpha value is -2.57. The van der Waals surface area contributed by atoms with Crippen LogP contribution in [0.3, 0.4) is 0 Å². The van der Waals surface area contributed by atoms with Gasteiger partial charge < -0.3 is 10.2 Å². The van der Waals surface area contributed by atoms with Crippen molar-refractivity contribution in [3.63, 3.8) is 0 Å². The molecule has 3 nitrogen and oxygen atoms in total. The maximum Gasteiger partial charge on any atom is 0.416 e. The third kappa shape index (κ3) is 4.70. The average molecular weight is 326 g/mol. The van der Waals surface area contributed by atoms with Crippen LogP contribution in [0.5, 0.6) is 0 Å². The summed E-state index contributed by atoms with van der Waals surface area (Å²) < 4.78 is 50.2. The van der Waals surface area contributed by atoms with Gasteiger partial charge >= 0.3 is 12.2 Å². The van der Waals surface area contributed by atoms with Gasteiger partial charge in [0.15, 0.2) is 0 Å². The van der Waals surface area contributed by atoms with Gasteiger partial charge in [-0.3, -0.25) is 0 Å². The minimum atomic E-state index is -4.38. The normalized spacial score (nSPS) is 11.2. The second kappa shape index (κ2) is 6.68. The van der Waals surface area contributed by atoms with Gasteiger partial charge in [0.1, 0.15) is 5.82 Å². The number of benzene rings is 2. The smallest absolute Gasteiger partial charge is 0.323 e. The predicted octanol–water partition coefficient (Wildman–Crippen LogP) is 4.51. The first-order valence-corrected chi connectivity index (χ1v) is 6.69. The topological polar surface area (TPSA) is 32.3 Å². The molecule has 0 heterocycles. The molecule has 2 amide bonds. The Balaban J connectivity index is 1.96. The number of urea groups is 1. The van der Waals surface area contributed by atoms with Crippen LogP contribution in [0.25, 0.3) is 0 Å². The van der Waals surface area contributed by atoms with E-state index >= 15 is 0 Å². The summed E-state index contributed by atoms with van der Waals surface area (Å²) in [7, 11) is 1.51. The van der Waals surface area contributed by atoms with Crippen molar-refractivity contribution in [2.45, 2.75) is 12.7 Å². The first-order chi connectivity index (χ1) is 10.8. The monoisotopic (exact) mass is 326 g/mol. The molecule has 0 radical (unpaired) electrons. The van der Waals surface area contributed by atoms with Crippen molar-refractivity contribution >= 4 is 11.7 Å². The third-order valence-electron chi connectivity index (χ3n) is 3.14. The van der Waals surface area contributed by atoms with E-state index in [4.69, 9.17) is 0 Å². The highest BCUT2D eigenvalue weighted by Crippen LogP contribution is 2.29. The van der Waals surface area contributed by atoms with Gasteiger partial charge in [0.2, 0.25) is 0 Å². The van der Waals surface area contributed by atoms with E-state index in [1.165, 1.54) is 48.3 Å². The van der Waals surface area contributed by atoms with E-state index in [9.17, 15) is 22.4 Å². The molecule has 0 saturated carbocycles. The summed E-state index contributed by atoms with van der Waals surface area (Å²) in [6, 6.07) is 9.41. The lowest BCUT2D eigenvalue weighted by Crippen LogP contribution is -2.30. The Kier molecular flexibility index (Phi) is 4.88. The first kappa shape index (κ1) is 16.8. The number of anilines is 1. The molecule has 0 aliphatic rings. The van der Waals surface area contributed by atoms with Crippen LogP contribution in [0.4, 0.5) is 28.0 Å². The number of hydrogen-bond acceptors (Lipinski definition) is 1. The molecular weight excluding hydrogens is 312 g/mol. The summed E-state index contributed by atoms with van der Waals surface area (Å²) >= 11 is 0. The largest absolute Gasteiger partial charge is 0.416 e. The van der Waals surface area contributed by atoms with Crippen LogP contribution >= 0.6 is 0 Å². The molecule has 7 heteroatoms. The zero-order chi connectivity index (χ0) is 17.0. The molecule has 2 aromatic rings. The van der Waals surface area contributed by atoms with E-state index in [1.54, 1.807) is 0 Å². The Morgan fingerprint density at radius 3 is 2.13 bits per heavy atom. The van der Waals surface area contributed by atoms with E-state index in [1.807, 2.05) is 0 Å². The van der Waals surface area contributed by atoms with Crippen LogP contribution in [-0.2, 0) is 12.7 Å². The number of carbonyl (C=O) groups is 1. The minimum Gasteiger partial charge on any atom is -0.323 e. The first-order valence-electron chi connectivity index (χ1n) is 6.69. The summed E-state index contributed by atoms with van der Waals surface area (Å²) in [5.74, 6) is -0.416. The fraction of sp³-hybridized carbons (Fsp3) is 0.188. The van der Waals surface area contributed by atoms with Gasteiger partial charge in [-0.25, -0.2) is 9.18 Å². The second-order valence-electron chi connectivity index (χ2n) is 4.99. The highest BCUT2D eigenvalue weighted by Gasteiger charge is 2.29. The SMILES string of the molecule is CN(Cc1ccc(C(F)(F)F)cc1)C(=O)Nc1ccc(F)cc1. The molecule has 1 N–H and O–H groups in total. The zero-order valence-electron chi connectivity index (χ0n) is 12.2. The molecule has 23 heavy (non-hydrogen) atoms. The summed E-state index contributed by atoms with van der Waals surface area (Å²) in [4.78, 5) is 13.3. The van der Waals surface area contributed by atoms with Gasteiger partial charge in [0.05, 0.1) is 5.56 Å². The summed E-state index contributed by atoms with van der Waals surface area (Å²) in [5.41, 5.74) is 0.255. The molecule has 122 valence electrons. The Morgan fingerprint density at radius 1 is 1.04 bits per heavy atom. The summed E-state index contributed by atoms with van der Waals surface area (Å²) in [6.07, 6.45) is -4.38. The number of amides is 2. The fourth-order valence-electron chi connectivity index (χ4n) is 1.90. The van der Waals surface area contributed by atoms with E-state index in [-0.39, 0.29) is 6.54 Å². The van der Waals surface area contributed by atoms with Crippen molar-refractivity contribution in [1.29, 1.82) is 0 Å². The molecule has 2 aromatic carbocycles. The number of alkyl halides is 3. The van der Waals surface area contributed by atoms with Gasteiger partial charge in [0.25, 0.3) is 0 Å². The maximum atomic E-state index is 12.8. The van der Waals surface area contributed by atoms with Gasteiger partial charge in [-0.1, -0.05) is 12.1 Å². The predicted molar refractivity (Wildman–Crippen MR) is 78.3 cm³/mol. The molecule has 0 fully saturated rings. The molecule has 2 rings (SSSR count). The average Bonchev–Trinajstić information content (AvgIpc) is 2.49. The maximum absolute atomic E-state index is 12.8. The van der Waals surface area contributed by atoms with Crippen LogP contribution in [0.1, 0.15) is 11.1 Å². The number of rotatable bonds is 3. The second-order valence-corrected chi connectivity index (χ2v) is 4.99. The molecular formula is C16H14F4N2O. The Labute approximate surface area is 130 Å². The van der Waals surface area contributed by atoms with Crippen molar-refractivity contribution in [2.24, 2.45) is 0 Å². The van der Waals surface area contributed by atoms with Gasteiger partial charge in [-0.2, -0.15) is 13.2 Å². The molecule has 0 atom stereocenters. The van der Waals surface area contributed by atoms with Crippen LogP contribution in [0, 0.1) is 5.82 Å². The van der Waals surface area contributed by atoms with Crippen molar-refractivity contribution < 1.29 is 22.4 Å². The van der Waals surface area contributed by atoms with Crippen LogP contribution in [0.15, 0.2) is 48.5 Å². The lowest BCUT2D eigenvalue weighted by atomic mass is 10.1. The lowest BCUT2D eigenvalue weighted by Gasteiger charge is -2.18. The van der Waals surface area contributed by atoms with Crippen LogP contribution < -0.4 is 5.32 Å². The Bertz CT molecular complexity index is 666. The molecule has 0 unspecified atom stereocenters. The van der Waals surface area contributed by atoms with Crippen LogP contribution in [-0.4, -0.2) is 18.0 Å². The lowest BCUT2D eigenvalue weighted by molar-refractivity contribution is -0.137. The van der Waals surface area contributed by atoms with E-state index in [2.05, 4.69) is 5.32 Å². The van der Waals surface area contributed by atoms with E-state index < -0.39 is 23.6 Å². The molecule has 0 aromatic heterocycles. The standard InChI is InChI=1S/C16H14F4N2O/c1-22(15(23)21-14-8-6-13(17)7-9-14)10-11-2-4-12(5-3-11)16(18,19)20/h2-9H,10H2,1H3,(H,21,23). The van der Waals surface area contributed by atoms with Gasteiger partial charge in [-0.15, -0.1) is 0 Å². The molecule has 0 bridgehead atoms. The highest BCUT2D eigenvalue weighted by atomic mass is 19.4. The summed E-state index contributed by atoms with van der Waals surface area (Å²) in [5, 5.41) is 2.57. The van der Waals surface area contributed by atoms with E-state index in [0.717, 1.165) is 12.1 Å². The molecule has 0 saturated heterocycles. The van der Waals surface area contributed by atoms with Crippen molar-refractivity contribution in [3.05, 3.63) is 65.5 Å². The van der Waals surface area contributed by atoms with Crippen molar-refractivity contribution in [2.75, 3.05) is 12.4 Å². The van der Waals surface area contributed by atoms with Crippen molar-refractivity contribution in [3.8, 4) is 0 Å². The zero-order valence-corrected chi connectivity index (χ0v) is 12.2. The number of carbonyl (C=O) groups excluding carboxylic acids is 1. The minimum absolute atomic E-state index is 0.144. The van der Waals surface area contributed by atoms with E-state index in [0.29, 0.717) is 11.3 Å². The van der Waals surface area contributed by atoms with Gasteiger partial charge in [0, 0.05) is 19.3 Å². The number of nitrogens with zero attached hydrogens (tertiary/aromatic N) is 1. The molecule has 0 aliphatic carbocycles. The fourth-order valence-corrected chi connectivity index (χ4v) is 1.90. The Morgan fingerprint density at radius 2 is 1.61 bits per heavy atom. The molecule has 0 spiro atoms. The number of nitrogens with one attached hydrogen (secondary N) is 1. The third-order valence-corrected chi connectivity index (χ3v) is 3.14. The van der Waals surface area contributed by atoms with Gasteiger partial charge in [-0.05, 0) is 42.0 Å². The molecule has 0 aliphatic heterocycles. The quantitative estimate of drug-likeness (QED) is 0.827. The summed E-state index contributed by atoms with van der Waals surface area (Å²) in [6.45, 7) is 0.144. The number of hydrogen-bond donors (Lipinski definition) is 1. The number of halogens is 4. The van der Waals surface area contributed by atoms with Crippen LogP contribution in [0.2, 0.25) is 0 Å². The van der Waals surface area contributed by atoms with Crippen molar-refractivity contribution in [1.82, 2.24) is 4.90 Å².